The van der Waals surface area contributed by atoms with E-state index in [9.17, 15) is 19.2 Å². The Hall–Kier alpha value is -4.66. The number of carboxylic acid groups (broad SMARTS) is 1. The van der Waals surface area contributed by atoms with E-state index in [2.05, 4.69) is 10.6 Å². The number of hydrogen-bond acceptors (Lipinski definition) is 4. The van der Waals surface area contributed by atoms with Crippen molar-refractivity contribution in [3.05, 3.63) is 89.5 Å². The van der Waals surface area contributed by atoms with Crippen LogP contribution in [0.3, 0.4) is 0 Å². The van der Waals surface area contributed by atoms with E-state index in [0.717, 1.165) is 22.4 Å². The third-order valence-corrected chi connectivity index (χ3v) is 6.42. The molecule has 1 unspecified atom stereocenters. The van der Waals surface area contributed by atoms with E-state index in [0.29, 0.717) is 11.4 Å². The van der Waals surface area contributed by atoms with E-state index in [4.69, 9.17) is 5.11 Å². The number of nitrogens with one attached hydrogen (secondary N) is 2. The Balaban J connectivity index is 1.59. The summed E-state index contributed by atoms with van der Waals surface area (Å²) >= 11 is 0. The lowest BCUT2D eigenvalue weighted by molar-refractivity contribution is -0.137. The summed E-state index contributed by atoms with van der Waals surface area (Å²) in [6.45, 7) is 3.33. The largest absolute Gasteiger partial charge is 0.481 e. The number of para-hydroxylation sites is 1. The Morgan fingerprint density at radius 2 is 1.51 bits per heavy atom. The van der Waals surface area contributed by atoms with Crippen LogP contribution in [0.1, 0.15) is 42.5 Å². The molecule has 3 N–H and O–H groups in total. The van der Waals surface area contributed by atoms with E-state index in [1.807, 2.05) is 31.2 Å². The molecule has 3 aromatic rings. The lowest BCUT2D eigenvalue weighted by Gasteiger charge is -2.21. The second kappa shape index (κ2) is 13.2. The molecule has 0 aliphatic heterocycles. The molecule has 0 spiro atoms. The molecule has 0 radical (unpaired) electrons. The van der Waals surface area contributed by atoms with Gasteiger partial charge in [0.15, 0.2) is 0 Å². The predicted molar refractivity (Wildman–Crippen MR) is 152 cm³/mol. The number of carbonyl (C=O) groups excluding carboxylic acids is 3. The quantitative estimate of drug-likeness (QED) is 0.344. The number of hydrogen-bond donors (Lipinski definition) is 3. The van der Waals surface area contributed by atoms with Gasteiger partial charge in [0.25, 0.3) is 0 Å². The molecule has 0 saturated heterocycles. The van der Waals surface area contributed by atoms with Gasteiger partial charge >= 0.3 is 12.0 Å². The molecule has 1 atom stereocenters. The molecule has 3 rings (SSSR count). The molecule has 0 fully saturated rings. The number of carboxylic acids is 1. The lowest BCUT2D eigenvalue weighted by Crippen LogP contribution is -2.31. The minimum absolute atomic E-state index is 0.0725. The molecular formula is C30H34N4O5. The van der Waals surface area contributed by atoms with Crippen LogP contribution in [-0.2, 0) is 20.8 Å². The van der Waals surface area contributed by atoms with Crippen molar-refractivity contribution in [3.8, 4) is 0 Å². The summed E-state index contributed by atoms with van der Waals surface area (Å²) in [6, 6.07) is 21.2. The zero-order valence-corrected chi connectivity index (χ0v) is 22.6. The Morgan fingerprint density at radius 3 is 2.10 bits per heavy atom. The number of nitrogens with zero attached hydrogens (tertiary/aromatic N) is 2. The highest BCUT2D eigenvalue weighted by Gasteiger charge is 2.17. The first kappa shape index (κ1) is 28.9. The minimum atomic E-state index is -0.933. The Kier molecular flexibility index (Phi) is 9.80. The Bertz CT molecular complexity index is 1320. The van der Waals surface area contributed by atoms with Crippen molar-refractivity contribution >= 4 is 40.9 Å². The van der Waals surface area contributed by atoms with Crippen molar-refractivity contribution < 1.29 is 24.3 Å². The van der Waals surface area contributed by atoms with Gasteiger partial charge in [-0.1, -0.05) is 42.5 Å². The first-order valence-electron chi connectivity index (χ1n) is 12.6. The Morgan fingerprint density at radius 1 is 0.872 bits per heavy atom. The van der Waals surface area contributed by atoms with Crippen LogP contribution < -0.4 is 20.4 Å². The monoisotopic (exact) mass is 530 g/mol. The van der Waals surface area contributed by atoms with Crippen LogP contribution in [0.2, 0.25) is 0 Å². The average molecular weight is 531 g/mol. The highest BCUT2D eigenvalue weighted by atomic mass is 16.4. The van der Waals surface area contributed by atoms with Crippen molar-refractivity contribution in [2.24, 2.45) is 0 Å². The molecule has 0 aliphatic carbocycles. The van der Waals surface area contributed by atoms with E-state index in [1.165, 1.54) is 6.92 Å². The third kappa shape index (κ3) is 8.16. The molecule has 9 nitrogen and oxygen atoms in total. The van der Waals surface area contributed by atoms with Crippen LogP contribution >= 0.6 is 0 Å². The van der Waals surface area contributed by atoms with Crippen molar-refractivity contribution in [2.45, 2.75) is 39.2 Å². The topological polar surface area (TPSA) is 119 Å². The Labute approximate surface area is 228 Å². The number of carbonyl (C=O) groups is 4. The lowest BCUT2D eigenvalue weighted by atomic mass is 10.0. The summed E-state index contributed by atoms with van der Waals surface area (Å²) in [6.07, 6.45) is 0.362. The zero-order chi connectivity index (χ0) is 28.5. The van der Waals surface area contributed by atoms with E-state index >= 15 is 0 Å². The summed E-state index contributed by atoms with van der Waals surface area (Å²) < 4.78 is 0. The summed E-state index contributed by atoms with van der Waals surface area (Å²) in [5.74, 6) is -1.30. The van der Waals surface area contributed by atoms with Gasteiger partial charge in [-0.05, 0) is 60.4 Å². The molecule has 3 aromatic carbocycles. The first-order chi connectivity index (χ1) is 18.5. The highest BCUT2D eigenvalue weighted by molar-refractivity contribution is 6.01. The number of urea groups is 1. The van der Waals surface area contributed by atoms with Gasteiger partial charge in [0.1, 0.15) is 0 Å². The fraction of sp³-hybridized carbons (Fsp3) is 0.267. The number of aliphatic carboxylic acids is 1. The van der Waals surface area contributed by atoms with Crippen molar-refractivity contribution in [3.63, 3.8) is 0 Å². The fourth-order valence-corrected chi connectivity index (χ4v) is 4.17. The number of amides is 4. The smallest absolute Gasteiger partial charge is 0.326 e. The normalized spacial score (nSPS) is 11.3. The number of likely N-dealkylation sites (N-methyl/N-ethyl adjacent to an activating group) is 1. The summed E-state index contributed by atoms with van der Waals surface area (Å²) in [7, 11) is 3.40. The molecular weight excluding hydrogens is 496 g/mol. The van der Waals surface area contributed by atoms with E-state index < -0.39 is 12.0 Å². The molecule has 39 heavy (non-hydrogen) atoms. The van der Waals surface area contributed by atoms with Gasteiger partial charge in [-0.2, -0.15) is 0 Å². The molecule has 4 amide bonds. The second-order valence-electron chi connectivity index (χ2n) is 9.38. The second-order valence-corrected chi connectivity index (χ2v) is 9.38. The first-order valence-corrected chi connectivity index (χ1v) is 12.6. The number of rotatable bonds is 10. The van der Waals surface area contributed by atoms with Crippen LogP contribution in [0.5, 0.6) is 0 Å². The standard InChI is InChI=1S/C30H34N4O5/c1-20-7-5-6-8-27(20)34(4)30(39)32-24-13-9-22(10-14-24)19-28(36)33(3)25-15-11-23(12-16-25)26(31-21(2)35)17-18-29(37)38/h5-16,26H,17-19H2,1-4H3,(H,31,35)(H,32,39)(H,37,38). The molecule has 0 bridgehead atoms. The fourth-order valence-electron chi connectivity index (χ4n) is 4.17. The molecule has 0 aliphatic rings. The number of anilines is 3. The molecule has 0 saturated carbocycles. The van der Waals surface area contributed by atoms with Crippen LogP contribution in [0.15, 0.2) is 72.8 Å². The number of aryl methyl sites for hydroxylation is 1. The van der Waals surface area contributed by atoms with E-state index in [1.54, 1.807) is 72.4 Å². The van der Waals surface area contributed by atoms with Crippen LogP contribution in [0, 0.1) is 6.92 Å². The number of benzene rings is 3. The van der Waals surface area contributed by atoms with Crippen LogP contribution in [0.25, 0.3) is 0 Å². The highest BCUT2D eigenvalue weighted by Crippen LogP contribution is 2.23. The van der Waals surface area contributed by atoms with Gasteiger partial charge < -0.3 is 20.6 Å². The molecule has 9 heteroatoms. The summed E-state index contributed by atoms with van der Waals surface area (Å²) in [5, 5.41) is 14.6. The predicted octanol–water partition coefficient (Wildman–Crippen LogP) is 4.91. The van der Waals surface area contributed by atoms with Crippen molar-refractivity contribution in [2.75, 3.05) is 29.2 Å². The average Bonchev–Trinajstić information content (AvgIpc) is 2.91. The maximum atomic E-state index is 12.9. The summed E-state index contributed by atoms with van der Waals surface area (Å²) in [5.41, 5.74) is 4.67. The molecule has 0 aromatic heterocycles. The minimum Gasteiger partial charge on any atom is -0.481 e. The van der Waals surface area contributed by atoms with Crippen LogP contribution in [-0.4, -0.2) is 43.0 Å². The van der Waals surface area contributed by atoms with E-state index in [-0.39, 0.29) is 37.1 Å². The van der Waals surface area contributed by atoms with Crippen molar-refractivity contribution in [1.82, 2.24) is 5.32 Å². The van der Waals surface area contributed by atoms with Gasteiger partial charge in [-0.15, -0.1) is 0 Å². The van der Waals surface area contributed by atoms with Crippen molar-refractivity contribution in [1.29, 1.82) is 0 Å². The van der Waals surface area contributed by atoms with Gasteiger partial charge in [0.05, 0.1) is 12.5 Å². The maximum absolute atomic E-state index is 12.9. The third-order valence-electron chi connectivity index (χ3n) is 6.42. The van der Waals surface area contributed by atoms with Crippen LogP contribution in [0.4, 0.5) is 21.9 Å². The van der Waals surface area contributed by atoms with Gasteiger partial charge in [-0.3, -0.25) is 19.3 Å². The zero-order valence-electron chi connectivity index (χ0n) is 22.6. The molecule has 204 valence electrons. The van der Waals surface area contributed by atoms with Gasteiger partial charge in [-0.25, -0.2) is 4.79 Å². The maximum Gasteiger partial charge on any atom is 0.326 e. The van der Waals surface area contributed by atoms with Gasteiger partial charge in [0.2, 0.25) is 11.8 Å². The van der Waals surface area contributed by atoms with Gasteiger partial charge in [0, 0.05) is 44.5 Å². The molecule has 0 heterocycles. The SMILES string of the molecule is CC(=O)NC(CCC(=O)O)c1ccc(N(C)C(=O)Cc2ccc(NC(=O)N(C)c3ccccc3C)cc2)cc1. The summed E-state index contributed by atoms with van der Waals surface area (Å²) in [4.78, 5) is 51.2.